The number of benzene rings is 4. The average Bonchev–Trinajstić information content (AvgIpc) is 1.41. The smallest absolute Gasteiger partial charge is 0.414 e. The zero-order valence-corrected chi connectivity index (χ0v) is 48.4. The molecule has 2 N–H and O–H groups in total. The third-order valence-electron chi connectivity index (χ3n) is 16.5. The van der Waals surface area contributed by atoms with Crippen LogP contribution in [-0.4, -0.2) is 128 Å². The number of rotatable bonds is 11. The molecule has 0 bridgehead atoms. The minimum Gasteiger partial charge on any atom is -0.487 e. The molecule has 3 atom stereocenters. The van der Waals surface area contributed by atoms with E-state index in [1.165, 1.54) is 34.3 Å². The summed E-state index contributed by atoms with van der Waals surface area (Å²) in [7, 11) is 0. The van der Waals surface area contributed by atoms with Crippen molar-refractivity contribution in [1.29, 1.82) is 0 Å². The zero-order valence-electron chi connectivity index (χ0n) is 48.4. The number of halogens is 4. The second-order valence-electron chi connectivity index (χ2n) is 25.3. The highest BCUT2D eigenvalue weighted by molar-refractivity contribution is 5.98. The average molecular weight is 1180 g/mol. The van der Waals surface area contributed by atoms with Crippen LogP contribution in [0, 0.1) is 34.1 Å². The minimum atomic E-state index is -1.37. The minimum absolute atomic E-state index is 0.00478. The maximum atomic E-state index is 15.6. The number of ether oxygens (including phenoxy) is 3. The first-order valence-electron chi connectivity index (χ1n) is 28.7. The number of amides is 2. The highest BCUT2D eigenvalue weighted by Gasteiger charge is 2.38. The van der Waals surface area contributed by atoms with E-state index >= 15 is 17.6 Å². The number of carboxylic acids is 2. The summed E-state index contributed by atoms with van der Waals surface area (Å²) in [4.78, 5) is 84.3. The Kier molecular flexibility index (Phi) is 15.2. The van der Waals surface area contributed by atoms with Crippen molar-refractivity contribution in [2.45, 2.75) is 98.4 Å². The molecule has 2 aromatic heterocycles. The van der Waals surface area contributed by atoms with Gasteiger partial charge in [-0.2, -0.15) is 0 Å². The van der Waals surface area contributed by atoms with Crippen LogP contribution < -0.4 is 45.0 Å². The number of anilines is 6. The molecule has 85 heavy (non-hydrogen) atoms. The Balaban J connectivity index is 0.000000177. The summed E-state index contributed by atoms with van der Waals surface area (Å²) in [5.41, 5.74) is 0.784. The fraction of sp³-hybridized carbons (Fsp3) is 0.452. The molecule has 1 aliphatic carbocycles. The number of carbonyl (C=O) groups is 4. The molecule has 6 aliphatic rings. The molecule has 6 aromatic rings. The van der Waals surface area contributed by atoms with Crippen molar-refractivity contribution >= 4 is 80.1 Å². The van der Waals surface area contributed by atoms with Crippen molar-refractivity contribution in [2.24, 2.45) is 10.8 Å². The second kappa shape index (κ2) is 22.2. The van der Waals surface area contributed by atoms with E-state index in [-0.39, 0.29) is 69.5 Å². The molecule has 0 spiro atoms. The lowest BCUT2D eigenvalue weighted by molar-refractivity contribution is 0.0683. The van der Waals surface area contributed by atoms with Crippen LogP contribution in [0.5, 0.6) is 5.75 Å². The van der Waals surface area contributed by atoms with Crippen molar-refractivity contribution in [3.8, 4) is 5.75 Å². The molecule has 12 rings (SSSR count). The Morgan fingerprint density at radius 2 is 1.00 bits per heavy atom. The van der Waals surface area contributed by atoms with E-state index in [1.807, 2.05) is 21.6 Å². The molecule has 450 valence electrons. The van der Waals surface area contributed by atoms with Gasteiger partial charge in [0.2, 0.25) is 10.9 Å². The van der Waals surface area contributed by atoms with Crippen LogP contribution in [0.15, 0.2) is 76.6 Å². The van der Waals surface area contributed by atoms with Crippen molar-refractivity contribution in [3.63, 3.8) is 0 Å². The van der Waals surface area contributed by atoms with E-state index in [4.69, 9.17) is 14.2 Å². The molecule has 23 heteroatoms. The number of nitrogens with zero attached hydrogens (tertiary/aromatic N) is 8. The van der Waals surface area contributed by atoms with Gasteiger partial charge in [0.25, 0.3) is 0 Å². The molecule has 5 fully saturated rings. The molecule has 5 aliphatic heterocycles. The summed E-state index contributed by atoms with van der Waals surface area (Å²) < 4.78 is 82.1. The number of carbonyl (C=O) groups excluding carboxylic acids is 2. The fourth-order valence-corrected chi connectivity index (χ4v) is 12.3. The predicted octanol–water partition coefficient (Wildman–Crippen LogP) is 10.4. The number of cyclic esters (lactones) is 2. The Morgan fingerprint density at radius 1 is 0.565 bits per heavy atom. The van der Waals surface area contributed by atoms with Crippen LogP contribution in [0.4, 0.5) is 61.3 Å². The van der Waals surface area contributed by atoms with Crippen LogP contribution in [-0.2, 0) is 9.47 Å². The number of carboxylic acid groups (broad SMARTS) is 2. The van der Waals surface area contributed by atoms with Gasteiger partial charge in [0.05, 0.1) is 64.0 Å². The summed E-state index contributed by atoms with van der Waals surface area (Å²) in [6.07, 6.45) is 4.32. The maximum Gasteiger partial charge on any atom is 0.414 e. The molecule has 4 aromatic carbocycles. The van der Waals surface area contributed by atoms with E-state index in [1.54, 1.807) is 44.4 Å². The number of aromatic nitrogens is 2. The molecule has 1 saturated carbocycles. The maximum absolute atomic E-state index is 15.6. The molecule has 4 saturated heterocycles. The van der Waals surface area contributed by atoms with Gasteiger partial charge in [0, 0.05) is 76.2 Å². The first-order valence-corrected chi connectivity index (χ1v) is 28.7. The van der Waals surface area contributed by atoms with Crippen LogP contribution in [0.3, 0.4) is 0 Å². The zero-order chi connectivity index (χ0) is 60.7. The van der Waals surface area contributed by atoms with Crippen molar-refractivity contribution in [3.05, 3.63) is 122 Å². The second-order valence-corrected chi connectivity index (χ2v) is 25.3. The van der Waals surface area contributed by atoms with E-state index < -0.39 is 63.8 Å². The highest BCUT2D eigenvalue weighted by atomic mass is 19.1. The molecule has 19 nitrogen and oxygen atoms in total. The molecular formula is C62H68F4N8O11. The Morgan fingerprint density at radius 3 is 1.46 bits per heavy atom. The number of fused-ring (bicyclic) bond motifs is 1. The van der Waals surface area contributed by atoms with Crippen molar-refractivity contribution in [1.82, 2.24) is 9.13 Å². The van der Waals surface area contributed by atoms with E-state index in [0.717, 1.165) is 25.0 Å². The highest BCUT2D eigenvalue weighted by Crippen LogP contribution is 2.44. The van der Waals surface area contributed by atoms with Crippen LogP contribution in [0.2, 0.25) is 0 Å². The largest absolute Gasteiger partial charge is 0.487 e. The molecule has 0 radical (unpaired) electrons. The normalized spacial score (nSPS) is 20.0. The van der Waals surface area contributed by atoms with Crippen LogP contribution in [0.25, 0.3) is 21.8 Å². The number of aromatic carboxylic acids is 2. The molecule has 2 amide bonds. The summed E-state index contributed by atoms with van der Waals surface area (Å²) >= 11 is 0. The summed E-state index contributed by atoms with van der Waals surface area (Å²) in [6, 6.07) is 13.1. The summed E-state index contributed by atoms with van der Waals surface area (Å²) in [6.45, 7) is 18.4. The van der Waals surface area contributed by atoms with Crippen LogP contribution >= 0.6 is 0 Å². The van der Waals surface area contributed by atoms with Gasteiger partial charge >= 0.3 is 24.1 Å². The fourth-order valence-electron chi connectivity index (χ4n) is 12.3. The molecular weight excluding hydrogens is 1110 g/mol. The first-order chi connectivity index (χ1) is 40.2. The number of hydrogen-bond acceptors (Lipinski definition) is 13. The lowest BCUT2D eigenvalue weighted by Gasteiger charge is -2.39. The Labute approximate surface area is 487 Å². The lowest BCUT2D eigenvalue weighted by atomic mass is 9.89. The van der Waals surface area contributed by atoms with Crippen LogP contribution in [0.1, 0.15) is 107 Å². The quantitative estimate of drug-likeness (QED) is 0.116. The monoisotopic (exact) mass is 1180 g/mol. The topological polar surface area (TPSA) is 200 Å². The van der Waals surface area contributed by atoms with Gasteiger partial charge in [-0.1, -0.05) is 41.5 Å². The van der Waals surface area contributed by atoms with Gasteiger partial charge < -0.3 is 53.2 Å². The lowest BCUT2D eigenvalue weighted by Crippen LogP contribution is -2.47. The third-order valence-corrected chi connectivity index (χ3v) is 16.5. The van der Waals surface area contributed by atoms with Gasteiger partial charge in [0.1, 0.15) is 53.1 Å². The van der Waals surface area contributed by atoms with Gasteiger partial charge in [0.15, 0.2) is 11.6 Å². The first kappa shape index (κ1) is 58.3. The molecule has 1 unspecified atom stereocenters. The Hall–Kier alpha value is -8.50. The summed E-state index contributed by atoms with van der Waals surface area (Å²) in [5.74, 6) is -4.71. The van der Waals surface area contributed by atoms with Crippen molar-refractivity contribution < 1.29 is 61.2 Å². The van der Waals surface area contributed by atoms with E-state index in [2.05, 4.69) is 41.5 Å². The Bertz CT molecular complexity index is 3820. The predicted molar refractivity (Wildman–Crippen MR) is 314 cm³/mol. The summed E-state index contributed by atoms with van der Waals surface area (Å²) in [5, 5.41) is 19.0. The number of pyridine rings is 2. The molecule has 7 heterocycles. The standard InChI is InChI=1S/C31H34F2N4O6.C31H34F2N4O5/c1-17-16-42-28-25-20(27(38)21(29(39)40)15-36(17)25)12-23(33)26(28)35-9-7-34(8-10-35)24-6-5-18(11-22(24)32)37-14-19(43-30(37)41)13-31(2,3)4;1-31(2,3)15-20-16-37(30(41)42-20)19-6-7-25(23(32)12-19)34-8-10-35(11-9-34)27-14-26-21(13-24(27)33)28(38)22(29(39)40)17-36(26)18-4-5-18/h5-6,11-12,15,17,19H,7-10,13-14,16H2,1-4H3,(H,39,40);6-7,12-14,17-18,20H,4-5,8-11,15-16H2,1-3H3,(H,39,40)/t17?,19-;20-/m11/s1. The SMILES string of the molecule is CC(C)(C)C[C@@H]1CN(c2ccc(N3CCN(c4cc5c(cc4F)c(=O)c(C(=O)O)cn5C4CC4)CC3)c(F)c2)C(=O)O1.CC1COc2c(N3CCN(c4ccc(N5C[C@@H](CC(C)(C)C)OC5=O)cc4F)CC3)c(F)cc3c(=O)c(C(=O)O)cn1c23. The van der Waals surface area contributed by atoms with Gasteiger partial charge in [-0.3, -0.25) is 19.4 Å². The van der Waals surface area contributed by atoms with Gasteiger partial charge in [-0.25, -0.2) is 36.7 Å². The van der Waals surface area contributed by atoms with Gasteiger partial charge in [-0.05, 0) is 98.0 Å². The number of hydrogen-bond donors (Lipinski definition) is 2. The van der Waals surface area contributed by atoms with Crippen molar-refractivity contribution in [2.75, 3.05) is 101 Å². The van der Waals surface area contributed by atoms with E-state index in [0.29, 0.717) is 118 Å². The third kappa shape index (κ3) is 11.6. The number of piperazine rings is 2. The van der Waals surface area contributed by atoms with Gasteiger partial charge in [-0.15, -0.1) is 0 Å². The van der Waals surface area contributed by atoms with E-state index in [9.17, 15) is 39.0 Å².